The third-order valence-corrected chi connectivity index (χ3v) is 2.76. The fourth-order valence-electron chi connectivity index (χ4n) is 1.54. The summed E-state index contributed by atoms with van der Waals surface area (Å²) in [4.78, 5) is 0. The van der Waals surface area contributed by atoms with Crippen LogP contribution in [0.15, 0.2) is 24.4 Å². The zero-order valence-electron chi connectivity index (χ0n) is 9.98. The van der Waals surface area contributed by atoms with E-state index in [1.165, 1.54) is 0 Å². The molecular weight excluding hydrogens is 238 g/mol. The van der Waals surface area contributed by atoms with Crippen molar-refractivity contribution in [3.8, 4) is 5.69 Å². The normalized spacial score (nSPS) is 11.8. The predicted molar refractivity (Wildman–Crippen MR) is 66.4 cm³/mol. The van der Waals surface area contributed by atoms with Crippen molar-refractivity contribution in [3.05, 3.63) is 40.7 Å². The van der Waals surface area contributed by atoms with Gasteiger partial charge in [0.05, 0.1) is 11.9 Å². The molecule has 5 heteroatoms. The van der Waals surface area contributed by atoms with Gasteiger partial charge in [-0.2, -0.15) is 0 Å². The fraction of sp³-hybridized carbons (Fsp3) is 0.333. The van der Waals surface area contributed by atoms with Crippen molar-refractivity contribution in [1.82, 2.24) is 15.0 Å². The lowest BCUT2D eigenvalue weighted by molar-refractivity contribution is 0.0737. The Bertz CT molecular complexity index is 543. The maximum absolute atomic E-state index is 9.83. The number of aryl methyl sites for hydroxylation is 1. The summed E-state index contributed by atoms with van der Waals surface area (Å²) < 4.78 is 1.64. The van der Waals surface area contributed by atoms with Gasteiger partial charge in [0.1, 0.15) is 11.3 Å². The number of nitrogens with zero attached hydrogens (tertiary/aromatic N) is 3. The van der Waals surface area contributed by atoms with E-state index in [1.807, 2.05) is 19.1 Å². The average Bonchev–Trinajstić information content (AvgIpc) is 2.65. The summed E-state index contributed by atoms with van der Waals surface area (Å²) in [5.74, 6) is 0. The monoisotopic (exact) mass is 251 g/mol. The third-order valence-electron chi connectivity index (χ3n) is 2.53. The minimum Gasteiger partial charge on any atom is -0.384 e. The Morgan fingerprint density at radius 3 is 2.59 bits per heavy atom. The second-order valence-electron chi connectivity index (χ2n) is 4.54. The molecule has 0 fully saturated rings. The Morgan fingerprint density at radius 1 is 1.35 bits per heavy atom. The van der Waals surface area contributed by atoms with Crippen molar-refractivity contribution in [1.29, 1.82) is 0 Å². The van der Waals surface area contributed by atoms with Crippen molar-refractivity contribution in [2.75, 3.05) is 0 Å². The molecule has 90 valence electrons. The van der Waals surface area contributed by atoms with E-state index in [4.69, 9.17) is 11.6 Å². The van der Waals surface area contributed by atoms with Gasteiger partial charge in [-0.3, -0.25) is 0 Å². The van der Waals surface area contributed by atoms with E-state index in [1.54, 1.807) is 30.8 Å². The number of aliphatic hydroxyl groups is 1. The van der Waals surface area contributed by atoms with E-state index in [0.29, 0.717) is 10.7 Å². The van der Waals surface area contributed by atoms with Crippen LogP contribution in [0.3, 0.4) is 0 Å². The Morgan fingerprint density at radius 2 is 2.06 bits per heavy atom. The van der Waals surface area contributed by atoms with Gasteiger partial charge in [-0.1, -0.05) is 16.8 Å². The van der Waals surface area contributed by atoms with Crippen molar-refractivity contribution in [3.63, 3.8) is 0 Å². The van der Waals surface area contributed by atoms with Gasteiger partial charge in [-0.05, 0) is 44.5 Å². The van der Waals surface area contributed by atoms with E-state index in [9.17, 15) is 5.11 Å². The van der Waals surface area contributed by atoms with Gasteiger partial charge in [0.25, 0.3) is 0 Å². The van der Waals surface area contributed by atoms with Crippen molar-refractivity contribution in [2.24, 2.45) is 0 Å². The molecule has 1 aromatic carbocycles. The van der Waals surface area contributed by atoms with E-state index in [2.05, 4.69) is 10.3 Å². The van der Waals surface area contributed by atoms with E-state index < -0.39 is 5.60 Å². The molecular formula is C12H14ClN3O. The lowest BCUT2D eigenvalue weighted by Crippen LogP contribution is -2.15. The predicted octanol–water partition coefficient (Wildman–Crippen LogP) is 2.46. The first kappa shape index (κ1) is 12.1. The van der Waals surface area contributed by atoms with Gasteiger partial charge in [0.2, 0.25) is 0 Å². The summed E-state index contributed by atoms with van der Waals surface area (Å²) >= 11 is 5.90. The highest BCUT2D eigenvalue weighted by molar-refractivity contribution is 6.30. The largest absolute Gasteiger partial charge is 0.384 e. The maximum Gasteiger partial charge on any atom is 0.114 e. The molecule has 0 spiro atoms. The maximum atomic E-state index is 9.83. The minimum atomic E-state index is -0.988. The Balaban J connectivity index is 2.44. The molecule has 1 aromatic heterocycles. The summed E-state index contributed by atoms with van der Waals surface area (Å²) in [6.45, 7) is 5.30. The minimum absolute atomic E-state index is 0.534. The number of benzene rings is 1. The van der Waals surface area contributed by atoms with Gasteiger partial charge in [-0.25, -0.2) is 4.68 Å². The number of rotatable bonds is 2. The smallest absolute Gasteiger partial charge is 0.114 e. The van der Waals surface area contributed by atoms with Crippen LogP contribution in [-0.4, -0.2) is 20.1 Å². The van der Waals surface area contributed by atoms with Crippen LogP contribution < -0.4 is 0 Å². The Kier molecular flexibility index (Phi) is 2.93. The molecule has 1 N–H and O–H groups in total. The van der Waals surface area contributed by atoms with Crippen LogP contribution in [0.25, 0.3) is 5.69 Å². The van der Waals surface area contributed by atoms with Gasteiger partial charge in [0, 0.05) is 5.02 Å². The van der Waals surface area contributed by atoms with Crippen LogP contribution in [0.1, 0.15) is 25.1 Å². The van der Waals surface area contributed by atoms with Gasteiger partial charge >= 0.3 is 0 Å². The molecule has 0 saturated carbocycles. The molecule has 2 rings (SSSR count). The SMILES string of the molecule is Cc1cc(Cl)ccc1-n1cc(C(C)(C)O)nn1. The van der Waals surface area contributed by atoms with E-state index in [0.717, 1.165) is 11.3 Å². The molecule has 4 nitrogen and oxygen atoms in total. The van der Waals surface area contributed by atoms with Crippen molar-refractivity contribution in [2.45, 2.75) is 26.4 Å². The lowest BCUT2D eigenvalue weighted by Gasteiger charge is -2.12. The Labute approximate surface area is 105 Å². The molecule has 0 atom stereocenters. The molecule has 0 aliphatic rings. The first-order chi connectivity index (χ1) is 7.88. The van der Waals surface area contributed by atoms with Crippen LogP contribution in [0.5, 0.6) is 0 Å². The Hall–Kier alpha value is -1.39. The molecule has 0 bridgehead atoms. The van der Waals surface area contributed by atoms with Crippen molar-refractivity contribution < 1.29 is 5.11 Å². The summed E-state index contributed by atoms with van der Waals surface area (Å²) in [6.07, 6.45) is 1.72. The molecule has 1 heterocycles. The molecule has 2 aromatic rings. The average molecular weight is 252 g/mol. The van der Waals surface area contributed by atoms with Gasteiger partial charge in [-0.15, -0.1) is 5.10 Å². The molecule has 0 unspecified atom stereocenters. The fourth-order valence-corrected chi connectivity index (χ4v) is 1.76. The quantitative estimate of drug-likeness (QED) is 0.892. The van der Waals surface area contributed by atoms with Gasteiger partial charge in [0.15, 0.2) is 0 Å². The van der Waals surface area contributed by atoms with Crippen LogP contribution in [0.2, 0.25) is 5.02 Å². The second-order valence-corrected chi connectivity index (χ2v) is 4.97. The highest BCUT2D eigenvalue weighted by Gasteiger charge is 2.20. The first-order valence-corrected chi connectivity index (χ1v) is 5.67. The lowest BCUT2D eigenvalue weighted by atomic mass is 10.1. The first-order valence-electron chi connectivity index (χ1n) is 5.29. The highest BCUT2D eigenvalue weighted by atomic mass is 35.5. The van der Waals surface area contributed by atoms with Crippen LogP contribution in [-0.2, 0) is 5.60 Å². The molecule has 0 aliphatic carbocycles. The zero-order chi connectivity index (χ0) is 12.6. The molecule has 0 aliphatic heterocycles. The number of hydrogen-bond donors (Lipinski definition) is 1. The van der Waals surface area contributed by atoms with E-state index in [-0.39, 0.29) is 0 Å². The topological polar surface area (TPSA) is 50.9 Å². The number of hydrogen-bond acceptors (Lipinski definition) is 3. The van der Waals surface area contributed by atoms with Crippen LogP contribution in [0.4, 0.5) is 0 Å². The van der Waals surface area contributed by atoms with Gasteiger partial charge < -0.3 is 5.11 Å². The summed E-state index contributed by atoms with van der Waals surface area (Å²) in [6, 6.07) is 5.54. The molecule has 17 heavy (non-hydrogen) atoms. The highest BCUT2D eigenvalue weighted by Crippen LogP contribution is 2.21. The second kappa shape index (κ2) is 4.13. The number of aromatic nitrogens is 3. The molecule has 0 saturated heterocycles. The van der Waals surface area contributed by atoms with E-state index >= 15 is 0 Å². The molecule has 0 amide bonds. The van der Waals surface area contributed by atoms with Crippen LogP contribution in [0, 0.1) is 6.92 Å². The third kappa shape index (κ3) is 2.48. The molecule has 0 radical (unpaired) electrons. The van der Waals surface area contributed by atoms with Crippen molar-refractivity contribution >= 4 is 11.6 Å². The summed E-state index contributed by atoms with van der Waals surface area (Å²) in [5, 5.41) is 18.5. The van der Waals surface area contributed by atoms with Crippen LogP contribution >= 0.6 is 11.6 Å². The number of halogens is 1. The zero-order valence-corrected chi connectivity index (χ0v) is 10.7. The summed E-state index contributed by atoms with van der Waals surface area (Å²) in [5.41, 5.74) is 1.45. The summed E-state index contributed by atoms with van der Waals surface area (Å²) in [7, 11) is 0. The standard InChI is InChI=1S/C12H14ClN3O/c1-8-6-9(13)4-5-10(8)16-7-11(14-15-16)12(2,3)17/h4-7,17H,1-3H3.